The smallest absolute Gasteiger partial charge is 0.273 e. The minimum Gasteiger partial charge on any atom is -0.368 e. The number of aromatic nitrogens is 1. The van der Waals surface area contributed by atoms with Gasteiger partial charge in [0.25, 0.3) is 5.91 Å². The Labute approximate surface area is 181 Å². The Hall–Kier alpha value is -1.83. The topological polar surface area (TPSA) is 42.9 Å². The third-order valence-electron chi connectivity index (χ3n) is 5.63. The number of halogens is 1. The lowest BCUT2D eigenvalue weighted by molar-refractivity contribution is 0.0632. The second kappa shape index (κ2) is 9.32. The lowest BCUT2D eigenvalue weighted by Gasteiger charge is -2.36. The largest absolute Gasteiger partial charge is 0.368 e. The van der Waals surface area contributed by atoms with Crippen molar-refractivity contribution >= 4 is 39.7 Å². The van der Waals surface area contributed by atoms with E-state index in [2.05, 4.69) is 32.7 Å². The number of carbonyl (C=O) groups is 1. The van der Waals surface area contributed by atoms with Gasteiger partial charge in [0.05, 0.1) is 0 Å². The van der Waals surface area contributed by atoms with Crippen LogP contribution < -0.4 is 9.80 Å². The maximum atomic E-state index is 12.8. The summed E-state index contributed by atoms with van der Waals surface area (Å²) in [5, 5.41) is 3.63. The van der Waals surface area contributed by atoms with E-state index in [4.69, 9.17) is 11.6 Å². The lowest BCUT2D eigenvalue weighted by Crippen LogP contribution is -2.49. The molecule has 0 bridgehead atoms. The average molecular weight is 434 g/mol. The Kier molecular flexibility index (Phi) is 6.57. The summed E-state index contributed by atoms with van der Waals surface area (Å²) in [6.45, 7) is 10.4. The summed E-state index contributed by atoms with van der Waals surface area (Å²) in [7, 11) is 0. The summed E-state index contributed by atoms with van der Waals surface area (Å²) >= 11 is 7.70. The van der Waals surface area contributed by atoms with Crippen molar-refractivity contribution in [3.8, 4) is 0 Å². The summed E-state index contributed by atoms with van der Waals surface area (Å²) in [6.07, 6.45) is 1.16. The number of thiazole rings is 1. The quantitative estimate of drug-likeness (QED) is 0.723. The van der Waals surface area contributed by atoms with E-state index in [0.29, 0.717) is 5.69 Å². The molecule has 0 atom stereocenters. The molecule has 0 spiro atoms. The highest BCUT2D eigenvalue weighted by Gasteiger charge is 2.25. The van der Waals surface area contributed by atoms with Gasteiger partial charge in [-0.05, 0) is 31.2 Å². The molecule has 2 aromatic rings. The SMILES string of the molecule is CCCN1CCN(C(=O)c2csc(N3CCN(c4cccc(Cl)c4)CC3)n2)CC1. The number of hydrogen-bond donors (Lipinski definition) is 0. The summed E-state index contributed by atoms with van der Waals surface area (Å²) < 4.78 is 0. The van der Waals surface area contributed by atoms with Crippen LogP contribution in [-0.4, -0.2) is 79.6 Å². The van der Waals surface area contributed by atoms with E-state index >= 15 is 0 Å². The van der Waals surface area contributed by atoms with Crippen LogP contribution in [0.15, 0.2) is 29.6 Å². The Balaban J connectivity index is 1.32. The van der Waals surface area contributed by atoms with E-state index in [1.807, 2.05) is 28.5 Å². The molecule has 1 aromatic heterocycles. The van der Waals surface area contributed by atoms with Gasteiger partial charge in [0.15, 0.2) is 5.13 Å². The molecular weight excluding hydrogens is 406 g/mol. The molecule has 0 radical (unpaired) electrons. The molecule has 2 aliphatic heterocycles. The molecule has 156 valence electrons. The van der Waals surface area contributed by atoms with Crippen LogP contribution in [0.3, 0.4) is 0 Å². The van der Waals surface area contributed by atoms with Gasteiger partial charge in [0.1, 0.15) is 5.69 Å². The Morgan fingerprint density at radius 3 is 2.48 bits per heavy atom. The van der Waals surface area contributed by atoms with Crippen LogP contribution in [0.1, 0.15) is 23.8 Å². The van der Waals surface area contributed by atoms with Gasteiger partial charge in [-0.15, -0.1) is 11.3 Å². The molecule has 6 nitrogen and oxygen atoms in total. The molecular formula is C21H28ClN5OS. The molecule has 0 N–H and O–H groups in total. The molecule has 4 rings (SSSR count). The third kappa shape index (κ3) is 4.85. The Morgan fingerprint density at radius 2 is 1.79 bits per heavy atom. The molecule has 8 heteroatoms. The number of rotatable bonds is 5. The van der Waals surface area contributed by atoms with Crippen LogP contribution in [0.25, 0.3) is 0 Å². The first kappa shape index (κ1) is 20.4. The van der Waals surface area contributed by atoms with E-state index in [1.165, 1.54) is 0 Å². The molecule has 2 fully saturated rings. The van der Waals surface area contributed by atoms with Crippen LogP contribution in [0.4, 0.5) is 10.8 Å². The van der Waals surface area contributed by atoms with E-state index in [0.717, 1.165) is 81.2 Å². The van der Waals surface area contributed by atoms with Crippen molar-refractivity contribution < 1.29 is 4.79 Å². The van der Waals surface area contributed by atoms with Crippen molar-refractivity contribution in [2.75, 3.05) is 68.7 Å². The van der Waals surface area contributed by atoms with Gasteiger partial charge in [0, 0.05) is 68.4 Å². The molecule has 0 saturated carbocycles. The molecule has 0 aliphatic carbocycles. The molecule has 0 unspecified atom stereocenters. The zero-order valence-corrected chi connectivity index (χ0v) is 18.5. The van der Waals surface area contributed by atoms with Crippen LogP contribution >= 0.6 is 22.9 Å². The minimum absolute atomic E-state index is 0.0706. The van der Waals surface area contributed by atoms with Crippen LogP contribution in [-0.2, 0) is 0 Å². The molecule has 2 saturated heterocycles. The predicted octanol–water partition coefficient (Wildman–Crippen LogP) is 3.29. The monoisotopic (exact) mass is 433 g/mol. The molecule has 29 heavy (non-hydrogen) atoms. The number of benzene rings is 1. The second-order valence-corrected chi connectivity index (χ2v) is 8.88. The number of nitrogens with zero attached hydrogens (tertiary/aromatic N) is 5. The fourth-order valence-corrected chi connectivity index (χ4v) is 5.03. The minimum atomic E-state index is 0.0706. The van der Waals surface area contributed by atoms with E-state index in [-0.39, 0.29) is 5.91 Å². The first-order chi connectivity index (χ1) is 14.1. The molecule has 1 amide bonds. The van der Waals surface area contributed by atoms with Gasteiger partial charge in [-0.25, -0.2) is 4.98 Å². The highest BCUT2D eigenvalue weighted by atomic mass is 35.5. The standard InChI is InChI=1S/C21H28ClN5OS/c1-2-6-24-7-9-26(10-8-24)20(28)19-16-29-21(23-19)27-13-11-25(12-14-27)18-5-3-4-17(22)15-18/h3-5,15-16H,2,6-14H2,1H3. The number of piperazine rings is 2. The van der Waals surface area contributed by atoms with Crippen molar-refractivity contribution in [3.05, 3.63) is 40.4 Å². The fourth-order valence-electron chi connectivity index (χ4n) is 3.99. The lowest BCUT2D eigenvalue weighted by atomic mass is 10.2. The summed E-state index contributed by atoms with van der Waals surface area (Å²) in [6, 6.07) is 8.00. The number of hydrogen-bond acceptors (Lipinski definition) is 6. The zero-order chi connectivity index (χ0) is 20.2. The molecule has 2 aliphatic rings. The predicted molar refractivity (Wildman–Crippen MR) is 121 cm³/mol. The van der Waals surface area contributed by atoms with Gasteiger partial charge in [-0.2, -0.15) is 0 Å². The van der Waals surface area contributed by atoms with Gasteiger partial charge in [-0.3, -0.25) is 9.69 Å². The van der Waals surface area contributed by atoms with E-state index in [1.54, 1.807) is 11.3 Å². The highest BCUT2D eigenvalue weighted by molar-refractivity contribution is 7.13. The number of anilines is 2. The van der Waals surface area contributed by atoms with E-state index < -0.39 is 0 Å². The number of carbonyl (C=O) groups excluding carboxylic acids is 1. The van der Waals surface area contributed by atoms with Gasteiger partial charge < -0.3 is 14.7 Å². The van der Waals surface area contributed by atoms with Gasteiger partial charge >= 0.3 is 0 Å². The Morgan fingerprint density at radius 1 is 1.07 bits per heavy atom. The average Bonchev–Trinajstić information content (AvgIpc) is 3.24. The molecule has 3 heterocycles. The summed E-state index contributed by atoms with van der Waals surface area (Å²) in [5.41, 5.74) is 1.75. The Bertz CT molecular complexity index is 828. The van der Waals surface area contributed by atoms with Crippen molar-refractivity contribution in [2.24, 2.45) is 0 Å². The summed E-state index contributed by atoms with van der Waals surface area (Å²) in [5.74, 6) is 0.0706. The fraction of sp³-hybridized carbons (Fsp3) is 0.524. The van der Waals surface area contributed by atoms with Crippen molar-refractivity contribution in [1.82, 2.24) is 14.8 Å². The second-order valence-electron chi connectivity index (χ2n) is 7.60. The zero-order valence-electron chi connectivity index (χ0n) is 16.9. The number of amides is 1. The molecule has 1 aromatic carbocycles. The van der Waals surface area contributed by atoms with Crippen molar-refractivity contribution in [3.63, 3.8) is 0 Å². The third-order valence-corrected chi connectivity index (χ3v) is 6.77. The van der Waals surface area contributed by atoms with Crippen molar-refractivity contribution in [2.45, 2.75) is 13.3 Å². The first-order valence-electron chi connectivity index (χ1n) is 10.4. The normalized spacial score (nSPS) is 18.3. The first-order valence-corrected chi connectivity index (χ1v) is 11.6. The highest BCUT2D eigenvalue weighted by Crippen LogP contribution is 2.26. The van der Waals surface area contributed by atoms with Crippen LogP contribution in [0, 0.1) is 0 Å². The maximum absolute atomic E-state index is 12.8. The van der Waals surface area contributed by atoms with Crippen LogP contribution in [0.2, 0.25) is 5.02 Å². The van der Waals surface area contributed by atoms with Gasteiger partial charge in [-0.1, -0.05) is 24.6 Å². The van der Waals surface area contributed by atoms with Gasteiger partial charge in [0.2, 0.25) is 0 Å². The van der Waals surface area contributed by atoms with E-state index in [9.17, 15) is 4.79 Å². The summed E-state index contributed by atoms with van der Waals surface area (Å²) in [4.78, 5) is 26.5. The van der Waals surface area contributed by atoms with Crippen molar-refractivity contribution in [1.29, 1.82) is 0 Å². The van der Waals surface area contributed by atoms with Crippen LogP contribution in [0.5, 0.6) is 0 Å². The maximum Gasteiger partial charge on any atom is 0.273 e.